The van der Waals surface area contributed by atoms with Gasteiger partial charge >= 0.3 is 0 Å². The fraction of sp³-hybridized carbons (Fsp3) is 0.273. The minimum absolute atomic E-state index is 0.0434. The number of amides is 2. The van der Waals surface area contributed by atoms with E-state index < -0.39 is 5.91 Å². The fourth-order valence-corrected chi connectivity index (χ4v) is 3.36. The number of hydrogen-bond acceptors (Lipinski definition) is 8. The Morgan fingerprint density at radius 3 is 2.42 bits per heavy atom. The maximum absolute atomic E-state index is 12.0. The number of hydrazine groups is 1. The van der Waals surface area contributed by atoms with Crippen LogP contribution in [0.4, 0.5) is 0 Å². The summed E-state index contributed by atoms with van der Waals surface area (Å²) in [4.78, 5) is 23.9. The number of aromatic nitrogens is 3. The Labute approximate surface area is 195 Å². The molecule has 0 fully saturated rings. The first-order chi connectivity index (χ1) is 15.9. The number of aryl methyl sites for hydroxylation is 1. The van der Waals surface area contributed by atoms with Crippen LogP contribution in [-0.4, -0.2) is 46.0 Å². The van der Waals surface area contributed by atoms with Gasteiger partial charge in [0, 0.05) is 13.1 Å². The lowest BCUT2D eigenvalue weighted by molar-refractivity contribution is -0.128. The summed E-state index contributed by atoms with van der Waals surface area (Å²) in [7, 11) is 3.38. The predicted molar refractivity (Wildman–Crippen MR) is 122 cm³/mol. The van der Waals surface area contributed by atoms with Crippen molar-refractivity contribution in [3.05, 3.63) is 59.9 Å². The molecule has 33 heavy (non-hydrogen) atoms. The maximum atomic E-state index is 12.0. The molecule has 1 heterocycles. The molecule has 2 aromatic carbocycles. The van der Waals surface area contributed by atoms with Crippen LogP contribution in [0.25, 0.3) is 0 Å². The SMILES string of the molecule is COc1cccc(OCc2nnc(SCC(=O)NNC(=O)COc3cccc(C)c3)n2C)c1. The molecular weight excluding hydrogens is 446 g/mol. The highest BCUT2D eigenvalue weighted by atomic mass is 32.2. The van der Waals surface area contributed by atoms with Crippen LogP contribution in [-0.2, 0) is 23.2 Å². The molecule has 2 amide bonds. The highest BCUT2D eigenvalue weighted by Gasteiger charge is 2.13. The molecule has 0 atom stereocenters. The number of hydrogen-bond donors (Lipinski definition) is 2. The lowest BCUT2D eigenvalue weighted by atomic mass is 10.2. The van der Waals surface area contributed by atoms with E-state index in [2.05, 4.69) is 21.0 Å². The molecule has 2 N–H and O–H groups in total. The first kappa shape index (κ1) is 23.9. The number of ether oxygens (including phenoxy) is 3. The van der Waals surface area contributed by atoms with E-state index in [1.807, 2.05) is 43.3 Å². The molecule has 0 saturated carbocycles. The van der Waals surface area contributed by atoms with Crippen LogP contribution in [0.3, 0.4) is 0 Å². The van der Waals surface area contributed by atoms with E-state index in [9.17, 15) is 9.59 Å². The van der Waals surface area contributed by atoms with Gasteiger partial charge in [0.15, 0.2) is 17.6 Å². The molecule has 0 aliphatic heterocycles. The van der Waals surface area contributed by atoms with Gasteiger partial charge in [-0.25, -0.2) is 0 Å². The Balaban J connectivity index is 1.39. The van der Waals surface area contributed by atoms with Crippen molar-refractivity contribution in [2.24, 2.45) is 7.05 Å². The average molecular weight is 472 g/mol. The van der Waals surface area contributed by atoms with Gasteiger partial charge in [0.05, 0.1) is 12.9 Å². The van der Waals surface area contributed by atoms with E-state index in [-0.39, 0.29) is 24.9 Å². The Bertz CT molecular complexity index is 1100. The third-order valence-corrected chi connectivity index (χ3v) is 5.39. The normalized spacial score (nSPS) is 10.4. The summed E-state index contributed by atoms with van der Waals surface area (Å²) in [6, 6.07) is 14.6. The summed E-state index contributed by atoms with van der Waals surface area (Å²) >= 11 is 1.19. The van der Waals surface area contributed by atoms with Crippen LogP contribution in [0.5, 0.6) is 17.2 Å². The van der Waals surface area contributed by atoms with E-state index in [0.717, 1.165) is 5.56 Å². The third kappa shape index (κ3) is 7.42. The molecule has 0 unspecified atom stereocenters. The lowest BCUT2D eigenvalue weighted by Crippen LogP contribution is -2.44. The Morgan fingerprint density at radius 2 is 1.67 bits per heavy atom. The monoisotopic (exact) mass is 471 g/mol. The van der Waals surface area contributed by atoms with Gasteiger partial charge in [0.2, 0.25) is 5.91 Å². The topological polar surface area (TPSA) is 117 Å². The molecular formula is C22H25N5O5S. The molecule has 11 heteroatoms. The van der Waals surface area contributed by atoms with Crippen molar-refractivity contribution in [1.82, 2.24) is 25.6 Å². The molecule has 1 aromatic heterocycles. The maximum Gasteiger partial charge on any atom is 0.276 e. The van der Waals surface area contributed by atoms with Crippen LogP contribution in [0.1, 0.15) is 11.4 Å². The zero-order valence-corrected chi connectivity index (χ0v) is 19.3. The highest BCUT2D eigenvalue weighted by molar-refractivity contribution is 7.99. The number of nitrogens with one attached hydrogen (secondary N) is 2. The smallest absolute Gasteiger partial charge is 0.276 e. The Kier molecular flexibility index (Phi) is 8.53. The van der Waals surface area contributed by atoms with Crippen molar-refractivity contribution in [3.63, 3.8) is 0 Å². The van der Waals surface area contributed by atoms with Crippen molar-refractivity contribution in [1.29, 1.82) is 0 Å². The van der Waals surface area contributed by atoms with Crippen LogP contribution in [0.2, 0.25) is 0 Å². The van der Waals surface area contributed by atoms with Gasteiger partial charge in [-0.05, 0) is 36.8 Å². The number of carbonyl (C=O) groups excluding carboxylic acids is 2. The van der Waals surface area contributed by atoms with Crippen LogP contribution in [0.15, 0.2) is 53.7 Å². The molecule has 3 aromatic rings. The lowest BCUT2D eigenvalue weighted by Gasteiger charge is -2.09. The Morgan fingerprint density at radius 1 is 0.970 bits per heavy atom. The third-order valence-electron chi connectivity index (χ3n) is 4.37. The van der Waals surface area contributed by atoms with Gasteiger partial charge in [0.25, 0.3) is 5.91 Å². The van der Waals surface area contributed by atoms with Gasteiger partial charge in [-0.3, -0.25) is 20.4 Å². The summed E-state index contributed by atoms with van der Waals surface area (Å²) < 4.78 is 18.0. The molecule has 174 valence electrons. The van der Waals surface area contributed by atoms with Crippen molar-refractivity contribution < 1.29 is 23.8 Å². The van der Waals surface area contributed by atoms with E-state index in [1.54, 1.807) is 30.9 Å². The second-order valence-electron chi connectivity index (χ2n) is 6.92. The number of thioether (sulfide) groups is 1. The second kappa shape index (κ2) is 11.8. The molecule has 0 bridgehead atoms. The zero-order valence-electron chi connectivity index (χ0n) is 18.5. The summed E-state index contributed by atoms with van der Waals surface area (Å²) in [5.41, 5.74) is 5.70. The van der Waals surface area contributed by atoms with Gasteiger partial charge in [-0.1, -0.05) is 30.0 Å². The predicted octanol–water partition coefficient (Wildman–Crippen LogP) is 2.03. The zero-order chi connectivity index (χ0) is 23.6. The number of rotatable bonds is 10. The molecule has 0 aliphatic carbocycles. The van der Waals surface area contributed by atoms with E-state index >= 15 is 0 Å². The first-order valence-electron chi connectivity index (χ1n) is 9.99. The quantitative estimate of drug-likeness (QED) is 0.341. The van der Waals surface area contributed by atoms with Gasteiger partial charge in [-0.15, -0.1) is 10.2 Å². The molecule has 0 spiro atoms. The van der Waals surface area contributed by atoms with Crippen molar-refractivity contribution in [2.75, 3.05) is 19.5 Å². The van der Waals surface area contributed by atoms with E-state index in [1.165, 1.54) is 11.8 Å². The van der Waals surface area contributed by atoms with Crippen LogP contribution >= 0.6 is 11.8 Å². The van der Waals surface area contributed by atoms with Gasteiger partial charge in [0.1, 0.15) is 23.9 Å². The Hall–Kier alpha value is -3.73. The number of nitrogens with zero attached hydrogens (tertiary/aromatic N) is 3. The minimum atomic E-state index is -0.467. The van der Waals surface area contributed by atoms with Gasteiger partial charge < -0.3 is 18.8 Å². The number of benzene rings is 2. The largest absolute Gasteiger partial charge is 0.497 e. The van der Waals surface area contributed by atoms with Gasteiger partial charge in [-0.2, -0.15) is 0 Å². The molecule has 3 rings (SSSR count). The van der Waals surface area contributed by atoms with E-state index in [4.69, 9.17) is 14.2 Å². The van der Waals surface area contributed by atoms with Crippen molar-refractivity contribution in [2.45, 2.75) is 18.7 Å². The minimum Gasteiger partial charge on any atom is -0.497 e. The molecule has 0 saturated heterocycles. The van der Waals surface area contributed by atoms with Crippen LogP contribution in [0, 0.1) is 6.92 Å². The first-order valence-corrected chi connectivity index (χ1v) is 11.0. The highest BCUT2D eigenvalue weighted by Crippen LogP contribution is 2.21. The molecule has 10 nitrogen and oxygen atoms in total. The summed E-state index contributed by atoms with van der Waals surface area (Å²) in [5.74, 6) is 1.71. The summed E-state index contributed by atoms with van der Waals surface area (Å²) in [6.07, 6.45) is 0. The van der Waals surface area contributed by atoms with E-state index in [0.29, 0.717) is 28.2 Å². The fourth-order valence-electron chi connectivity index (χ4n) is 2.63. The standard InChI is InChI=1S/C22H25N5O5S/c1-15-6-4-8-17(10-15)32-13-20(28)24-25-21(29)14-33-22-26-23-19(27(22)2)12-31-18-9-5-7-16(11-18)30-3/h4-11H,12-14H2,1-3H3,(H,24,28)(H,25,29). The summed E-state index contributed by atoms with van der Waals surface area (Å²) in [6.45, 7) is 1.93. The van der Waals surface area contributed by atoms with Crippen molar-refractivity contribution >= 4 is 23.6 Å². The number of methoxy groups -OCH3 is 1. The summed E-state index contributed by atoms with van der Waals surface area (Å²) in [5, 5.41) is 8.73. The molecule has 0 aliphatic rings. The second-order valence-corrected chi connectivity index (χ2v) is 7.86. The average Bonchev–Trinajstić information content (AvgIpc) is 3.18. The molecule has 0 radical (unpaired) electrons. The van der Waals surface area contributed by atoms with Crippen LogP contribution < -0.4 is 25.1 Å². The van der Waals surface area contributed by atoms with Crippen molar-refractivity contribution in [3.8, 4) is 17.2 Å². The number of carbonyl (C=O) groups is 2.